The van der Waals surface area contributed by atoms with Gasteiger partial charge in [0, 0.05) is 25.2 Å². The molecule has 0 fully saturated rings. The Morgan fingerprint density at radius 1 is 1.00 bits per heavy atom. The van der Waals surface area contributed by atoms with E-state index >= 15 is 0 Å². The molecule has 0 radical (unpaired) electrons. The van der Waals surface area contributed by atoms with Crippen molar-refractivity contribution in [1.82, 2.24) is 10.6 Å². The first-order valence-corrected chi connectivity index (χ1v) is 8.58. The average molecular weight is 446 g/mol. The molecular weight excluding hydrogens is 431 g/mol. The topological polar surface area (TPSA) is 113 Å². The number of hydrogen-bond acceptors (Lipinski definition) is 5. The van der Waals surface area contributed by atoms with E-state index in [1.807, 2.05) is 0 Å². The van der Waals surface area contributed by atoms with Gasteiger partial charge in [0.25, 0.3) is 11.6 Å². The van der Waals surface area contributed by atoms with E-state index in [-0.39, 0.29) is 18.8 Å². The Labute approximate surface area is 171 Å². The van der Waals surface area contributed by atoms with Crippen molar-refractivity contribution in [2.45, 2.75) is 6.18 Å². The number of carbonyl (C=O) groups excluding carboxylic acids is 2. The molecule has 0 saturated carbocycles. The van der Waals surface area contributed by atoms with Crippen molar-refractivity contribution in [2.75, 3.05) is 25.0 Å². The average Bonchev–Trinajstić information content (AvgIpc) is 2.68. The van der Waals surface area contributed by atoms with Gasteiger partial charge >= 0.3 is 6.18 Å². The first-order chi connectivity index (χ1) is 14.5. The van der Waals surface area contributed by atoms with Crippen LogP contribution in [-0.4, -0.2) is 36.4 Å². The molecule has 8 nitrogen and oxygen atoms in total. The number of nitro benzene ring substituents is 1. The number of hydrogen-bond donors (Lipinski definition) is 3. The molecule has 2 rings (SSSR count). The third-order valence-electron chi connectivity index (χ3n) is 3.87. The molecule has 0 atom stereocenters. The lowest BCUT2D eigenvalue weighted by Gasteiger charge is -2.11. The first kappa shape index (κ1) is 23.5. The highest BCUT2D eigenvalue weighted by Crippen LogP contribution is 2.34. The van der Waals surface area contributed by atoms with E-state index in [0.717, 1.165) is 18.2 Å². The Kier molecular flexibility index (Phi) is 7.45. The van der Waals surface area contributed by atoms with Crippen molar-refractivity contribution >= 4 is 23.2 Å². The fourth-order valence-electron chi connectivity index (χ4n) is 2.40. The molecule has 2 aromatic rings. The van der Waals surface area contributed by atoms with Crippen LogP contribution in [0.25, 0.3) is 0 Å². The first-order valence-electron chi connectivity index (χ1n) is 8.58. The summed E-state index contributed by atoms with van der Waals surface area (Å²) in [7, 11) is 0. The van der Waals surface area contributed by atoms with E-state index in [4.69, 9.17) is 0 Å². The third kappa shape index (κ3) is 6.62. The molecule has 0 aliphatic heterocycles. The number of nitro groups is 1. The number of amides is 2. The third-order valence-corrected chi connectivity index (χ3v) is 3.87. The van der Waals surface area contributed by atoms with Crippen LogP contribution in [0, 0.1) is 21.7 Å². The van der Waals surface area contributed by atoms with E-state index in [2.05, 4.69) is 16.0 Å². The lowest BCUT2D eigenvalue weighted by molar-refractivity contribution is -0.384. The summed E-state index contributed by atoms with van der Waals surface area (Å²) in [5.74, 6) is -3.58. The zero-order valence-corrected chi connectivity index (χ0v) is 15.6. The molecule has 166 valence electrons. The summed E-state index contributed by atoms with van der Waals surface area (Å²) in [5.41, 5.74) is -2.58. The van der Waals surface area contributed by atoms with Crippen molar-refractivity contribution in [3.05, 3.63) is 69.3 Å². The molecule has 0 heterocycles. The molecule has 0 bridgehead atoms. The van der Waals surface area contributed by atoms with E-state index < -0.39 is 57.9 Å². The zero-order valence-electron chi connectivity index (χ0n) is 15.6. The van der Waals surface area contributed by atoms with Gasteiger partial charge in [-0.25, -0.2) is 8.78 Å². The van der Waals surface area contributed by atoms with Crippen molar-refractivity contribution in [3.8, 4) is 0 Å². The van der Waals surface area contributed by atoms with Gasteiger partial charge in [0.15, 0.2) is 0 Å². The minimum absolute atomic E-state index is 0.0710. The van der Waals surface area contributed by atoms with Gasteiger partial charge in [0.2, 0.25) is 5.91 Å². The Balaban J connectivity index is 1.82. The van der Waals surface area contributed by atoms with Gasteiger partial charge in [0.1, 0.15) is 17.3 Å². The normalized spacial score (nSPS) is 11.0. The van der Waals surface area contributed by atoms with Crippen LogP contribution >= 0.6 is 0 Å². The van der Waals surface area contributed by atoms with Gasteiger partial charge in [-0.2, -0.15) is 13.2 Å². The highest BCUT2D eigenvalue weighted by atomic mass is 19.4. The number of halogens is 5. The monoisotopic (exact) mass is 446 g/mol. The molecule has 2 amide bonds. The van der Waals surface area contributed by atoms with Gasteiger partial charge < -0.3 is 16.0 Å². The lowest BCUT2D eigenvalue weighted by atomic mass is 10.1. The summed E-state index contributed by atoms with van der Waals surface area (Å²) in [4.78, 5) is 33.5. The minimum atomic E-state index is -4.74. The largest absolute Gasteiger partial charge is 0.416 e. The number of nitrogens with zero attached hydrogens (tertiary/aromatic N) is 1. The molecule has 0 spiro atoms. The van der Waals surface area contributed by atoms with Crippen LogP contribution in [0.5, 0.6) is 0 Å². The molecule has 0 aliphatic rings. The second-order valence-corrected chi connectivity index (χ2v) is 6.07. The predicted molar refractivity (Wildman–Crippen MR) is 98.3 cm³/mol. The Morgan fingerprint density at radius 2 is 1.71 bits per heavy atom. The van der Waals surface area contributed by atoms with E-state index in [0.29, 0.717) is 18.2 Å². The summed E-state index contributed by atoms with van der Waals surface area (Å²) in [6.45, 7) is -0.688. The summed E-state index contributed by atoms with van der Waals surface area (Å²) in [5, 5.41) is 18.0. The maximum Gasteiger partial charge on any atom is 0.416 e. The van der Waals surface area contributed by atoms with Gasteiger partial charge in [-0.15, -0.1) is 0 Å². The summed E-state index contributed by atoms with van der Waals surface area (Å²) in [6.07, 6.45) is -4.74. The molecule has 0 unspecified atom stereocenters. The zero-order chi connectivity index (χ0) is 23.2. The highest BCUT2D eigenvalue weighted by molar-refractivity contribution is 5.96. The lowest BCUT2D eigenvalue weighted by Crippen LogP contribution is -2.38. The van der Waals surface area contributed by atoms with Crippen LogP contribution in [0.4, 0.5) is 33.3 Å². The summed E-state index contributed by atoms with van der Waals surface area (Å²) in [6, 6.07) is 4.29. The van der Waals surface area contributed by atoms with Gasteiger partial charge in [-0.1, -0.05) is 0 Å². The van der Waals surface area contributed by atoms with Crippen LogP contribution < -0.4 is 16.0 Å². The number of anilines is 1. The fraction of sp³-hybridized carbons (Fsp3) is 0.222. The number of carbonyl (C=O) groups is 2. The van der Waals surface area contributed by atoms with Crippen molar-refractivity contribution in [1.29, 1.82) is 0 Å². The molecule has 31 heavy (non-hydrogen) atoms. The smallest absolute Gasteiger partial charge is 0.378 e. The van der Waals surface area contributed by atoms with Crippen molar-refractivity contribution in [3.63, 3.8) is 0 Å². The number of alkyl halides is 3. The Bertz CT molecular complexity index is 997. The second kappa shape index (κ2) is 9.82. The molecule has 3 N–H and O–H groups in total. The highest BCUT2D eigenvalue weighted by Gasteiger charge is 2.33. The molecule has 13 heteroatoms. The maximum atomic E-state index is 13.5. The van der Waals surface area contributed by atoms with Crippen LogP contribution in [0.3, 0.4) is 0 Å². The number of nitrogens with one attached hydrogen (secondary N) is 3. The molecule has 0 aromatic heterocycles. The molecule has 0 saturated heterocycles. The van der Waals surface area contributed by atoms with Crippen LogP contribution in [-0.2, 0) is 11.0 Å². The van der Waals surface area contributed by atoms with Gasteiger partial charge in [-0.05, 0) is 24.3 Å². The van der Waals surface area contributed by atoms with Crippen LogP contribution in [0.15, 0.2) is 36.4 Å². The summed E-state index contributed by atoms with van der Waals surface area (Å²) < 4.78 is 64.4. The van der Waals surface area contributed by atoms with Gasteiger partial charge in [-0.3, -0.25) is 19.7 Å². The number of rotatable bonds is 8. The van der Waals surface area contributed by atoms with Crippen molar-refractivity contribution in [2.24, 2.45) is 0 Å². The SMILES string of the molecule is O=C(CNC(=O)c1ccc(F)cc1F)NCCNc1ccc(C(F)(F)F)cc1[N+](=O)[O-]. The Hall–Kier alpha value is -3.77. The standard InChI is InChI=1S/C18H15F5N4O4/c19-11-2-3-12(13(20)8-11)17(29)26-9-16(28)25-6-5-24-14-4-1-10(18(21,22)23)7-15(14)27(30)31/h1-4,7-8,24H,5-6,9H2,(H,25,28)(H,26,29). The second-order valence-electron chi connectivity index (χ2n) is 6.07. The van der Waals surface area contributed by atoms with E-state index in [9.17, 15) is 41.7 Å². The van der Waals surface area contributed by atoms with Gasteiger partial charge in [0.05, 0.1) is 22.6 Å². The van der Waals surface area contributed by atoms with E-state index in [1.165, 1.54) is 0 Å². The quantitative estimate of drug-likeness (QED) is 0.250. The minimum Gasteiger partial charge on any atom is -0.378 e. The molecular formula is C18H15F5N4O4. The van der Waals surface area contributed by atoms with Crippen molar-refractivity contribution < 1.29 is 36.5 Å². The summed E-state index contributed by atoms with van der Waals surface area (Å²) >= 11 is 0. The number of benzene rings is 2. The molecule has 0 aliphatic carbocycles. The van der Waals surface area contributed by atoms with Crippen LogP contribution in [0.1, 0.15) is 15.9 Å². The van der Waals surface area contributed by atoms with E-state index in [1.54, 1.807) is 0 Å². The maximum absolute atomic E-state index is 13.5. The molecule has 2 aromatic carbocycles. The fourth-order valence-corrected chi connectivity index (χ4v) is 2.40. The van der Waals surface area contributed by atoms with Crippen LogP contribution in [0.2, 0.25) is 0 Å². The predicted octanol–water partition coefficient (Wildman–Crippen LogP) is 2.85. The Morgan fingerprint density at radius 3 is 2.32 bits per heavy atom.